The maximum Gasteiger partial charge on any atom is 0.109 e. The van der Waals surface area contributed by atoms with Crippen LogP contribution in [0.3, 0.4) is 0 Å². The first-order chi connectivity index (χ1) is 7.08. The maximum atomic E-state index is 9.22. The number of rotatable bonds is 4. The first kappa shape index (κ1) is 12.9. The monoisotopic (exact) mass is 216 g/mol. The van der Waals surface area contributed by atoms with Gasteiger partial charge >= 0.3 is 0 Å². The van der Waals surface area contributed by atoms with Gasteiger partial charge in [0, 0.05) is 0 Å². The smallest absolute Gasteiger partial charge is 0.109 e. The molecule has 1 aliphatic rings. The van der Waals surface area contributed by atoms with Gasteiger partial charge in [0.15, 0.2) is 0 Å². The van der Waals surface area contributed by atoms with Crippen LogP contribution in [0.2, 0.25) is 0 Å². The third-order valence-corrected chi connectivity index (χ3v) is 4.12. The van der Waals surface area contributed by atoms with Gasteiger partial charge in [-0.25, -0.2) is 0 Å². The van der Waals surface area contributed by atoms with Crippen LogP contribution in [0.25, 0.3) is 0 Å². The van der Waals surface area contributed by atoms with E-state index in [0.717, 1.165) is 18.4 Å². The van der Waals surface area contributed by atoms with Crippen LogP contribution in [0.4, 0.5) is 0 Å². The summed E-state index contributed by atoms with van der Waals surface area (Å²) in [5.74, 6) is 0.766. The topological polar surface area (TPSA) is 41.3 Å². The molecule has 0 radical (unpaired) electrons. The lowest BCUT2D eigenvalue weighted by Crippen LogP contribution is -3.17. The van der Waals surface area contributed by atoms with E-state index >= 15 is 0 Å². The quantitative estimate of drug-likeness (QED) is 0.533. The molecule has 1 aliphatic heterocycles. The number of quaternary nitrogens is 2. The highest BCUT2D eigenvalue weighted by Crippen LogP contribution is 2.08. The van der Waals surface area contributed by atoms with Crippen LogP contribution < -0.4 is 10.2 Å². The van der Waals surface area contributed by atoms with E-state index in [9.17, 15) is 5.11 Å². The normalized spacial score (nSPS) is 39.0. The highest BCUT2D eigenvalue weighted by Gasteiger charge is 2.35. The molecule has 90 valence electrons. The van der Waals surface area contributed by atoms with Crippen LogP contribution in [0.15, 0.2) is 0 Å². The van der Waals surface area contributed by atoms with Crippen molar-refractivity contribution in [2.75, 3.05) is 20.2 Å². The van der Waals surface area contributed by atoms with Gasteiger partial charge in [0.25, 0.3) is 0 Å². The van der Waals surface area contributed by atoms with Crippen molar-refractivity contribution in [2.24, 2.45) is 5.92 Å². The number of nitrogens with one attached hydrogen (secondary N) is 1. The summed E-state index contributed by atoms with van der Waals surface area (Å²) in [5.41, 5.74) is 0. The highest BCUT2D eigenvalue weighted by atomic mass is 16.3. The second-order valence-corrected chi connectivity index (χ2v) is 5.37. The molecule has 0 aromatic rings. The predicted molar refractivity (Wildman–Crippen MR) is 61.9 cm³/mol. The third kappa shape index (κ3) is 3.44. The second-order valence-electron chi connectivity index (χ2n) is 5.37. The molecule has 3 nitrogen and oxygen atoms in total. The zero-order chi connectivity index (χ0) is 11.4. The summed E-state index contributed by atoms with van der Waals surface area (Å²) in [7, 11) is 2.29. The molecule has 1 rings (SSSR count). The third-order valence-electron chi connectivity index (χ3n) is 4.12. The van der Waals surface area contributed by atoms with Gasteiger partial charge < -0.3 is 15.3 Å². The summed E-state index contributed by atoms with van der Waals surface area (Å²) in [6.45, 7) is 8.43. The average molecular weight is 216 g/mol. The molecule has 3 heteroatoms. The van der Waals surface area contributed by atoms with Crippen molar-refractivity contribution in [1.82, 2.24) is 0 Å². The van der Waals surface area contributed by atoms with Crippen LogP contribution in [0.1, 0.15) is 33.6 Å². The van der Waals surface area contributed by atoms with Crippen molar-refractivity contribution in [3.8, 4) is 0 Å². The molecule has 0 aliphatic carbocycles. The Morgan fingerprint density at radius 1 is 1.47 bits per heavy atom. The fraction of sp³-hybridized carbons (Fsp3) is 1.00. The lowest BCUT2D eigenvalue weighted by Gasteiger charge is -2.36. The molecule has 0 amide bonds. The molecule has 15 heavy (non-hydrogen) atoms. The Morgan fingerprint density at radius 2 is 2.13 bits per heavy atom. The molecule has 0 bridgehead atoms. The molecule has 4 N–H and O–H groups in total. The summed E-state index contributed by atoms with van der Waals surface area (Å²) in [4.78, 5) is 1.66. The minimum absolute atomic E-state index is 0.316. The Labute approximate surface area is 93.9 Å². The molecule has 0 aromatic carbocycles. The fourth-order valence-corrected chi connectivity index (χ4v) is 2.65. The van der Waals surface area contributed by atoms with E-state index in [2.05, 4.69) is 33.1 Å². The Kier molecular flexibility index (Phi) is 5.03. The van der Waals surface area contributed by atoms with E-state index in [1.165, 1.54) is 13.0 Å². The van der Waals surface area contributed by atoms with E-state index in [1.54, 1.807) is 4.90 Å². The zero-order valence-corrected chi connectivity index (χ0v) is 10.7. The first-order valence-electron chi connectivity index (χ1n) is 6.36. The predicted octanol–water partition coefficient (Wildman–Crippen LogP) is -1.37. The van der Waals surface area contributed by atoms with E-state index in [4.69, 9.17) is 0 Å². The van der Waals surface area contributed by atoms with Gasteiger partial charge in [-0.2, -0.15) is 0 Å². The molecule has 5 atom stereocenters. The lowest BCUT2D eigenvalue weighted by molar-refractivity contribution is -0.924. The van der Waals surface area contributed by atoms with Crippen molar-refractivity contribution in [2.45, 2.75) is 51.7 Å². The number of likely N-dealkylation sites (tertiary alicyclic amines) is 1. The van der Waals surface area contributed by atoms with Crippen LogP contribution in [-0.4, -0.2) is 43.4 Å². The summed E-state index contributed by atoms with van der Waals surface area (Å²) in [6, 6.07) is 1.88. The van der Waals surface area contributed by atoms with Gasteiger partial charge in [0.05, 0.1) is 44.6 Å². The summed E-state index contributed by atoms with van der Waals surface area (Å²) >= 11 is 0. The number of piperidine rings is 1. The van der Waals surface area contributed by atoms with Crippen LogP contribution in [-0.2, 0) is 0 Å². The number of hydrogen-bond donors (Lipinski definition) is 3. The maximum absolute atomic E-state index is 9.22. The van der Waals surface area contributed by atoms with Gasteiger partial charge in [-0.3, -0.25) is 0 Å². The van der Waals surface area contributed by atoms with Crippen molar-refractivity contribution in [3.05, 3.63) is 0 Å². The number of aliphatic hydroxyl groups excluding tert-OH is 1. The summed E-state index contributed by atoms with van der Waals surface area (Å²) < 4.78 is 0. The Morgan fingerprint density at radius 3 is 2.67 bits per heavy atom. The van der Waals surface area contributed by atoms with Crippen LogP contribution >= 0.6 is 0 Å². The van der Waals surface area contributed by atoms with Gasteiger partial charge in [-0.15, -0.1) is 0 Å². The lowest BCUT2D eigenvalue weighted by atomic mass is 9.89. The summed E-state index contributed by atoms with van der Waals surface area (Å²) in [6.07, 6.45) is 2.35. The minimum Gasteiger partial charge on any atom is -0.390 e. The van der Waals surface area contributed by atoms with Crippen molar-refractivity contribution in [1.29, 1.82) is 0 Å². The van der Waals surface area contributed by atoms with Crippen LogP contribution in [0, 0.1) is 5.92 Å². The van der Waals surface area contributed by atoms with E-state index in [-0.39, 0.29) is 0 Å². The van der Waals surface area contributed by atoms with Gasteiger partial charge in [-0.1, -0.05) is 13.8 Å². The van der Waals surface area contributed by atoms with Crippen molar-refractivity contribution < 1.29 is 15.3 Å². The molecule has 1 fully saturated rings. The first-order valence-corrected chi connectivity index (χ1v) is 6.36. The molecule has 1 heterocycles. The fourth-order valence-electron chi connectivity index (χ4n) is 2.65. The molecule has 0 spiro atoms. The van der Waals surface area contributed by atoms with Gasteiger partial charge in [-0.05, 0) is 13.3 Å². The molecular weight excluding hydrogens is 188 g/mol. The molecular formula is C12H28N2O+2. The van der Waals surface area contributed by atoms with Crippen LogP contribution in [0.5, 0.6) is 0 Å². The standard InChI is InChI=1S/C12H26N2O/c1-5-11(8-15)13-12-6-10(3)14(4)7-9(12)2/h9-13,15H,5-8H2,1-4H3/p+2/t9-,10-,11-,12-/m0/s1. The zero-order valence-electron chi connectivity index (χ0n) is 10.7. The van der Waals surface area contributed by atoms with Crippen molar-refractivity contribution in [3.63, 3.8) is 0 Å². The van der Waals surface area contributed by atoms with E-state index in [0.29, 0.717) is 18.7 Å². The number of nitrogens with two attached hydrogens (primary N) is 1. The largest absolute Gasteiger partial charge is 0.390 e. The minimum atomic E-state index is 0.316. The number of hydrogen-bond acceptors (Lipinski definition) is 1. The Bertz CT molecular complexity index is 182. The molecule has 1 saturated heterocycles. The molecule has 0 saturated carbocycles. The highest BCUT2D eigenvalue weighted by molar-refractivity contribution is 4.71. The van der Waals surface area contributed by atoms with Gasteiger partial charge in [0.1, 0.15) is 6.04 Å². The number of aliphatic hydroxyl groups is 1. The average Bonchev–Trinajstić information content (AvgIpc) is 2.21. The summed E-state index contributed by atoms with van der Waals surface area (Å²) in [5, 5.41) is 11.6. The SMILES string of the molecule is CC[C@@H](CO)[NH2+][C@H]1C[C@H](C)[NH+](C)C[C@@H]1C. The Hall–Kier alpha value is -0.120. The molecule has 1 unspecified atom stereocenters. The van der Waals surface area contributed by atoms with Crippen molar-refractivity contribution >= 4 is 0 Å². The van der Waals surface area contributed by atoms with Gasteiger partial charge in [0.2, 0.25) is 0 Å². The molecule has 0 aromatic heterocycles. The second kappa shape index (κ2) is 5.83. The Balaban J connectivity index is 2.47. The van der Waals surface area contributed by atoms with E-state index in [1.807, 2.05) is 0 Å². The van der Waals surface area contributed by atoms with E-state index < -0.39 is 0 Å².